The van der Waals surface area contributed by atoms with Gasteiger partial charge in [-0.25, -0.2) is 4.99 Å². The predicted octanol–water partition coefficient (Wildman–Crippen LogP) is 5.41. The van der Waals surface area contributed by atoms with Crippen LogP contribution >= 0.6 is 11.6 Å². The van der Waals surface area contributed by atoms with Crippen LogP contribution in [0.4, 0.5) is 5.69 Å². The number of amidine groups is 1. The minimum Gasteiger partial charge on any atom is -0.347 e. The van der Waals surface area contributed by atoms with Crippen LogP contribution in [0.15, 0.2) is 94.9 Å². The predicted molar refractivity (Wildman–Crippen MR) is 169 cm³/mol. The van der Waals surface area contributed by atoms with Crippen LogP contribution in [0.1, 0.15) is 51.2 Å². The van der Waals surface area contributed by atoms with Crippen LogP contribution in [0.25, 0.3) is 18.0 Å². The van der Waals surface area contributed by atoms with E-state index >= 15 is 0 Å². The van der Waals surface area contributed by atoms with Gasteiger partial charge in [-0.15, -0.1) is 11.6 Å². The SMILES string of the molecule is C=CC(=O)Nc1cccc(-n2c(=O)c(Cc3ccccc3)cc(=C/N=C(C)N/C(=C/CC)CCl)/c2=C/CCC)c1. The Labute approximate surface area is 241 Å². The van der Waals surface area contributed by atoms with Crippen molar-refractivity contribution in [2.45, 2.75) is 46.5 Å². The van der Waals surface area contributed by atoms with E-state index in [-0.39, 0.29) is 11.5 Å². The lowest BCUT2D eigenvalue weighted by Crippen LogP contribution is -2.44. The first-order valence-electron chi connectivity index (χ1n) is 13.5. The average Bonchev–Trinajstić information content (AvgIpc) is 2.96. The molecule has 1 heterocycles. The van der Waals surface area contributed by atoms with Gasteiger partial charge in [-0.3, -0.25) is 14.2 Å². The van der Waals surface area contributed by atoms with Crippen LogP contribution < -0.4 is 26.8 Å². The van der Waals surface area contributed by atoms with Gasteiger partial charge in [0.15, 0.2) is 0 Å². The molecule has 1 aromatic heterocycles. The van der Waals surface area contributed by atoms with Crippen LogP contribution in [-0.4, -0.2) is 22.2 Å². The fraction of sp³-hybridized carbons (Fsp3) is 0.242. The number of allylic oxidation sites excluding steroid dienone is 2. The summed E-state index contributed by atoms with van der Waals surface area (Å²) in [6, 6.07) is 19.1. The number of hydrogen-bond donors (Lipinski definition) is 2. The monoisotopic (exact) mass is 556 g/mol. The number of alkyl halides is 1. The van der Waals surface area contributed by atoms with E-state index in [2.05, 4.69) is 37.1 Å². The van der Waals surface area contributed by atoms with Crippen LogP contribution in [-0.2, 0) is 11.2 Å². The van der Waals surface area contributed by atoms with Crippen molar-refractivity contribution < 1.29 is 4.79 Å². The van der Waals surface area contributed by atoms with Gasteiger partial charge in [0.2, 0.25) is 5.91 Å². The summed E-state index contributed by atoms with van der Waals surface area (Å²) >= 11 is 6.08. The van der Waals surface area contributed by atoms with Crippen molar-refractivity contribution in [3.05, 3.63) is 117 Å². The van der Waals surface area contributed by atoms with Crippen molar-refractivity contribution in [3.8, 4) is 5.69 Å². The van der Waals surface area contributed by atoms with Crippen molar-refractivity contribution >= 4 is 41.3 Å². The molecule has 40 heavy (non-hydrogen) atoms. The number of aromatic nitrogens is 1. The Morgan fingerprint density at radius 3 is 2.55 bits per heavy atom. The first kappa shape index (κ1) is 30.4. The Hall–Kier alpha value is -4.16. The number of nitrogens with one attached hydrogen (secondary N) is 2. The van der Waals surface area contributed by atoms with E-state index in [1.54, 1.807) is 22.9 Å². The first-order valence-corrected chi connectivity index (χ1v) is 14.0. The first-order chi connectivity index (χ1) is 19.4. The quantitative estimate of drug-likeness (QED) is 0.143. The smallest absolute Gasteiger partial charge is 0.259 e. The number of carbonyl (C=O) groups is 1. The lowest BCUT2D eigenvalue weighted by atomic mass is 10.0. The normalized spacial score (nSPS) is 12.9. The molecule has 0 spiro atoms. The molecule has 0 saturated carbocycles. The highest BCUT2D eigenvalue weighted by atomic mass is 35.5. The maximum absolute atomic E-state index is 14.0. The molecule has 0 bridgehead atoms. The molecule has 0 radical (unpaired) electrons. The average molecular weight is 557 g/mol. The van der Waals surface area contributed by atoms with Gasteiger partial charge >= 0.3 is 0 Å². The van der Waals surface area contributed by atoms with Gasteiger partial charge in [0, 0.05) is 34.8 Å². The zero-order valence-corrected chi connectivity index (χ0v) is 24.2. The number of anilines is 1. The molecule has 0 unspecified atom stereocenters. The van der Waals surface area contributed by atoms with Crippen molar-refractivity contribution in [1.82, 2.24) is 9.88 Å². The molecule has 0 aliphatic carbocycles. The van der Waals surface area contributed by atoms with E-state index < -0.39 is 0 Å². The Morgan fingerprint density at radius 1 is 1.10 bits per heavy atom. The van der Waals surface area contributed by atoms with Crippen LogP contribution in [0, 0.1) is 0 Å². The number of unbranched alkanes of at least 4 members (excludes halogenated alkanes) is 1. The zero-order chi connectivity index (χ0) is 28.9. The molecule has 7 heteroatoms. The van der Waals surface area contributed by atoms with E-state index in [1.807, 2.05) is 61.5 Å². The lowest BCUT2D eigenvalue weighted by Gasteiger charge is -2.13. The third-order valence-corrected chi connectivity index (χ3v) is 6.39. The molecule has 208 valence electrons. The molecule has 1 amide bonds. The highest BCUT2D eigenvalue weighted by molar-refractivity contribution is 6.19. The second-order valence-corrected chi connectivity index (χ2v) is 9.56. The van der Waals surface area contributed by atoms with Crippen LogP contribution in [0.2, 0.25) is 0 Å². The van der Waals surface area contributed by atoms with Crippen molar-refractivity contribution in [2.75, 3.05) is 11.2 Å². The van der Waals surface area contributed by atoms with Gasteiger partial charge in [-0.2, -0.15) is 0 Å². The molecule has 0 aliphatic rings. The van der Waals surface area contributed by atoms with Crippen molar-refractivity contribution in [3.63, 3.8) is 0 Å². The van der Waals surface area contributed by atoms with Crippen LogP contribution in [0.3, 0.4) is 0 Å². The summed E-state index contributed by atoms with van der Waals surface area (Å²) in [7, 11) is 0. The highest BCUT2D eigenvalue weighted by Gasteiger charge is 2.11. The summed E-state index contributed by atoms with van der Waals surface area (Å²) in [6.07, 6.45) is 10.1. The number of pyridine rings is 1. The van der Waals surface area contributed by atoms with Crippen LogP contribution in [0.5, 0.6) is 0 Å². The maximum atomic E-state index is 14.0. The topological polar surface area (TPSA) is 75.5 Å². The third kappa shape index (κ3) is 8.42. The minimum absolute atomic E-state index is 0.121. The highest BCUT2D eigenvalue weighted by Crippen LogP contribution is 2.13. The molecular formula is C33H37ClN4O2. The van der Waals surface area contributed by atoms with Gasteiger partial charge in [0.1, 0.15) is 5.84 Å². The second kappa shape index (κ2) is 15.4. The molecule has 2 N–H and O–H groups in total. The van der Waals surface area contributed by atoms with Gasteiger partial charge in [-0.1, -0.05) is 75.4 Å². The largest absolute Gasteiger partial charge is 0.347 e. The fourth-order valence-electron chi connectivity index (χ4n) is 4.23. The Balaban J connectivity index is 2.30. The maximum Gasteiger partial charge on any atom is 0.259 e. The number of aliphatic imine (C=N–C) groups is 1. The summed E-state index contributed by atoms with van der Waals surface area (Å²) in [6.45, 7) is 9.56. The van der Waals surface area contributed by atoms with E-state index in [0.717, 1.165) is 41.1 Å². The summed E-state index contributed by atoms with van der Waals surface area (Å²) in [5.41, 5.74) is 3.67. The van der Waals surface area contributed by atoms with E-state index in [4.69, 9.17) is 16.6 Å². The molecular weight excluding hydrogens is 520 g/mol. The lowest BCUT2D eigenvalue weighted by molar-refractivity contribution is -0.111. The number of nitrogens with zero attached hydrogens (tertiary/aromatic N) is 2. The van der Waals surface area contributed by atoms with Gasteiger partial charge in [0.25, 0.3) is 5.56 Å². The van der Waals surface area contributed by atoms with E-state index in [1.165, 1.54) is 6.08 Å². The minimum atomic E-state index is -0.320. The van der Waals surface area contributed by atoms with E-state index in [9.17, 15) is 9.59 Å². The third-order valence-electron chi connectivity index (χ3n) is 6.10. The summed E-state index contributed by atoms with van der Waals surface area (Å²) in [4.78, 5) is 30.7. The molecule has 6 nitrogen and oxygen atoms in total. The van der Waals surface area contributed by atoms with Gasteiger partial charge in [-0.05, 0) is 55.7 Å². The Morgan fingerprint density at radius 2 is 1.88 bits per heavy atom. The molecule has 0 saturated heterocycles. The second-order valence-electron chi connectivity index (χ2n) is 9.29. The summed E-state index contributed by atoms with van der Waals surface area (Å²) in [5.74, 6) is 0.735. The number of carbonyl (C=O) groups excluding carboxylic acids is 1. The molecule has 2 aromatic carbocycles. The summed E-state index contributed by atoms with van der Waals surface area (Å²) < 4.78 is 1.71. The Kier molecular flexibility index (Phi) is 11.7. The molecule has 3 rings (SSSR count). The molecule has 0 atom stereocenters. The van der Waals surface area contributed by atoms with Crippen molar-refractivity contribution in [1.29, 1.82) is 0 Å². The number of rotatable bonds is 11. The molecule has 3 aromatic rings. The fourth-order valence-corrected chi connectivity index (χ4v) is 4.41. The Bertz CT molecular complexity index is 1570. The van der Waals surface area contributed by atoms with Crippen molar-refractivity contribution in [2.24, 2.45) is 4.99 Å². The number of hydrogen-bond acceptors (Lipinski definition) is 3. The summed E-state index contributed by atoms with van der Waals surface area (Å²) in [5, 5.41) is 7.61. The number of amides is 1. The zero-order valence-electron chi connectivity index (χ0n) is 23.4. The van der Waals surface area contributed by atoms with Gasteiger partial charge < -0.3 is 10.6 Å². The molecule has 0 fully saturated rings. The van der Waals surface area contributed by atoms with E-state index in [0.29, 0.717) is 35.1 Å². The van der Waals surface area contributed by atoms with Gasteiger partial charge in [0.05, 0.1) is 16.9 Å². The standard InChI is InChI=1S/C33H37ClN4O2/c1-5-8-18-31-27(23-35-24(4)36-29(22-34)13-6-2)20-26(19-25-14-10-9-11-15-25)33(40)38(31)30-17-12-16-28(21-30)37-32(39)7-3/h7,9-18,20-21,23H,3,5-6,8,19,22H2,1-2,4H3,(H,35,36)(H,37,39)/b27-23-,29-13+,31-18-. The number of halogens is 1. The number of benzene rings is 2. The molecule has 0 aliphatic heterocycles.